The monoisotopic (exact) mass is 309 g/mol. The van der Waals surface area contributed by atoms with E-state index in [9.17, 15) is 14.0 Å². The van der Waals surface area contributed by atoms with Crippen molar-refractivity contribution in [1.82, 2.24) is 5.32 Å². The van der Waals surface area contributed by atoms with E-state index < -0.39 is 23.5 Å². The van der Waals surface area contributed by atoms with Crippen LogP contribution in [0.25, 0.3) is 6.08 Å². The lowest BCUT2D eigenvalue weighted by Gasteiger charge is -2.19. The number of hydrogen-bond acceptors (Lipinski definition) is 4. The standard InChI is InChI=1S/C16H20FNO4/c1-16(2,3)22-15(20)18-7-5-6-11-8-12(14(19)21-4)10-13(17)9-11/h5-6,8-10H,7H2,1-4H3,(H,18,20). The van der Waals surface area contributed by atoms with Crippen LogP contribution < -0.4 is 5.32 Å². The summed E-state index contributed by atoms with van der Waals surface area (Å²) in [4.78, 5) is 22.8. The van der Waals surface area contributed by atoms with Gasteiger partial charge in [-0.25, -0.2) is 14.0 Å². The molecule has 1 aromatic carbocycles. The number of rotatable bonds is 4. The molecule has 0 radical (unpaired) electrons. The third-order valence-electron chi connectivity index (χ3n) is 2.41. The van der Waals surface area contributed by atoms with Crippen molar-refractivity contribution in [3.63, 3.8) is 0 Å². The summed E-state index contributed by atoms with van der Waals surface area (Å²) in [6.45, 7) is 5.52. The van der Waals surface area contributed by atoms with Crippen molar-refractivity contribution in [2.75, 3.05) is 13.7 Å². The van der Waals surface area contributed by atoms with Crippen LogP contribution in [0.1, 0.15) is 36.7 Å². The van der Waals surface area contributed by atoms with E-state index in [0.717, 1.165) is 6.07 Å². The Kier molecular flexibility index (Phi) is 6.10. The first-order valence-corrected chi connectivity index (χ1v) is 6.73. The van der Waals surface area contributed by atoms with Crippen LogP contribution in [0.3, 0.4) is 0 Å². The molecule has 0 spiro atoms. The molecule has 0 saturated heterocycles. The van der Waals surface area contributed by atoms with Gasteiger partial charge in [-0.2, -0.15) is 0 Å². The highest BCUT2D eigenvalue weighted by Crippen LogP contribution is 2.12. The lowest BCUT2D eigenvalue weighted by molar-refractivity contribution is 0.0532. The maximum atomic E-state index is 13.4. The first kappa shape index (κ1) is 17.7. The van der Waals surface area contributed by atoms with Crippen molar-refractivity contribution >= 4 is 18.1 Å². The Morgan fingerprint density at radius 2 is 1.95 bits per heavy atom. The van der Waals surface area contributed by atoms with Gasteiger partial charge in [0.2, 0.25) is 0 Å². The van der Waals surface area contributed by atoms with Crippen LogP contribution in [-0.4, -0.2) is 31.3 Å². The molecule has 1 N–H and O–H groups in total. The summed E-state index contributed by atoms with van der Waals surface area (Å²) < 4.78 is 23.0. The second kappa shape index (κ2) is 7.59. The fraction of sp³-hybridized carbons (Fsp3) is 0.375. The van der Waals surface area contributed by atoms with Gasteiger partial charge in [-0.3, -0.25) is 0 Å². The zero-order chi connectivity index (χ0) is 16.8. The summed E-state index contributed by atoms with van der Waals surface area (Å²) in [6, 6.07) is 3.87. The number of ether oxygens (including phenoxy) is 2. The van der Waals surface area contributed by atoms with Crippen LogP contribution in [0.15, 0.2) is 24.3 Å². The summed E-state index contributed by atoms with van der Waals surface area (Å²) in [6.07, 6.45) is 2.68. The highest BCUT2D eigenvalue weighted by molar-refractivity contribution is 5.90. The van der Waals surface area contributed by atoms with Crippen LogP contribution in [0.4, 0.5) is 9.18 Å². The van der Waals surface area contributed by atoms with Crippen molar-refractivity contribution in [3.05, 3.63) is 41.2 Å². The van der Waals surface area contributed by atoms with Crippen LogP contribution in [-0.2, 0) is 9.47 Å². The van der Waals surface area contributed by atoms with E-state index in [1.807, 2.05) is 0 Å². The molecule has 0 aromatic heterocycles. The predicted octanol–water partition coefficient (Wildman–Crippen LogP) is 3.15. The Labute approximate surface area is 129 Å². The summed E-state index contributed by atoms with van der Waals surface area (Å²) in [7, 11) is 1.23. The lowest BCUT2D eigenvalue weighted by Crippen LogP contribution is -2.32. The second-order valence-electron chi connectivity index (χ2n) is 5.55. The molecule has 0 heterocycles. The smallest absolute Gasteiger partial charge is 0.407 e. The number of hydrogen-bond donors (Lipinski definition) is 1. The summed E-state index contributed by atoms with van der Waals surface area (Å²) in [5, 5.41) is 2.54. The normalized spacial score (nSPS) is 11.3. The summed E-state index contributed by atoms with van der Waals surface area (Å²) >= 11 is 0. The molecule has 0 aliphatic heterocycles. The van der Waals surface area contributed by atoms with Gasteiger partial charge in [-0.1, -0.05) is 12.2 Å². The van der Waals surface area contributed by atoms with Gasteiger partial charge in [-0.05, 0) is 44.5 Å². The Balaban J connectivity index is 2.62. The summed E-state index contributed by atoms with van der Waals surface area (Å²) in [5.74, 6) is -1.15. The molecule has 22 heavy (non-hydrogen) atoms. The van der Waals surface area contributed by atoms with E-state index in [0.29, 0.717) is 5.56 Å². The molecule has 0 fully saturated rings. The van der Waals surface area contributed by atoms with Crippen molar-refractivity contribution in [3.8, 4) is 0 Å². The third-order valence-corrected chi connectivity index (χ3v) is 2.41. The number of methoxy groups -OCH3 is 1. The molecular formula is C16H20FNO4. The molecule has 1 rings (SSSR count). The average molecular weight is 309 g/mol. The number of carbonyl (C=O) groups is 2. The number of esters is 1. The number of halogens is 1. The molecule has 1 amide bonds. The van der Waals surface area contributed by atoms with Gasteiger partial charge in [0.1, 0.15) is 11.4 Å². The van der Waals surface area contributed by atoms with Crippen LogP contribution in [0.5, 0.6) is 0 Å². The molecule has 0 aliphatic rings. The van der Waals surface area contributed by atoms with Crippen LogP contribution >= 0.6 is 0 Å². The van der Waals surface area contributed by atoms with E-state index in [1.165, 1.54) is 19.2 Å². The van der Waals surface area contributed by atoms with E-state index in [1.54, 1.807) is 32.9 Å². The van der Waals surface area contributed by atoms with Gasteiger partial charge < -0.3 is 14.8 Å². The molecule has 1 aromatic rings. The van der Waals surface area contributed by atoms with Crippen molar-refractivity contribution in [2.24, 2.45) is 0 Å². The Morgan fingerprint density at radius 1 is 1.27 bits per heavy atom. The zero-order valence-corrected chi connectivity index (χ0v) is 13.1. The topological polar surface area (TPSA) is 64.6 Å². The van der Waals surface area contributed by atoms with Crippen molar-refractivity contribution in [1.29, 1.82) is 0 Å². The van der Waals surface area contributed by atoms with Crippen molar-refractivity contribution < 1.29 is 23.5 Å². The fourth-order valence-corrected chi connectivity index (χ4v) is 1.60. The van der Waals surface area contributed by atoms with Gasteiger partial charge in [0.15, 0.2) is 0 Å². The first-order chi connectivity index (χ1) is 10.2. The number of carbonyl (C=O) groups excluding carboxylic acids is 2. The molecule has 0 saturated carbocycles. The van der Waals surface area contributed by atoms with E-state index in [2.05, 4.69) is 10.1 Å². The van der Waals surface area contributed by atoms with Gasteiger partial charge in [-0.15, -0.1) is 0 Å². The van der Waals surface area contributed by atoms with Gasteiger partial charge in [0.25, 0.3) is 0 Å². The van der Waals surface area contributed by atoms with Gasteiger partial charge >= 0.3 is 12.1 Å². The average Bonchev–Trinajstić information content (AvgIpc) is 2.40. The van der Waals surface area contributed by atoms with Crippen molar-refractivity contribution in [2.45, 2.75) is 26.4 Å². The first-order valence-electron chi connectivity index (χ1n) is 6.73. The maximum absolute atomic E-state index is 13.4. The quantitative estimate of drug-likeness (QED) is 0.868. The minimum absolute atomic E-state index is 0.127. The third kappa shape index (κ3) is 6.39. The number of amides is 1. The zero-order valence-electron chi connectivity index (χ0n) is 13.1. The lowest BCUT2D eigenvalue weighted by atomic mass is 10.1. The number of benzene rings is 1. The second-order valence-corrected chi connectivity index (χ2v) is 5.55. The minimum atomic E-state index is -0.610. The summed E-state index contributed by atoms with van der Waals surface area (Å²) in [5.41, 5.74) is 0.0554. The maximum Gasteiger partial charge on any atom is 0.407 e. The predicted molar refractivity (Wildman–Crippen MR) is 81.0 cm³/mol. The van der Waals surface area contributed by atoms with E-state index in [4.69, 9.17) is 4.74 Å². The Morgan fingerprint density at radius 3 is 2.55 bits per heavy atom. The molecule has 0 aliphatic carbocycles. The minimum Gasteiger partial charge on any atom is -0.465 e. The Bertz CT molecular complexity index is 576. The Hall–Kier alpha value is -2.37. The molecule has 120 valence electrons. The largest absolute Gasteiger partial charge is 0.465 e. The van der Waals surface area contributed by atoms with Gasteiger partial charge in [0.05, 0.1) is 12.7 Å². The van der Waals surface area contributed by atoms with E-state index in [-0.39, 0.29) is 12.1 Å². The highest BCUT2D eigenvalue weighted by atomic mass is 19.1. The molecule has 5 nitrogen and oxygen atoms in total. The molecule has 6 heteroatoms. The molecule has 0 bridgehead atoms. The number of alkyl carbamates (subject to hydrolysis) is 1. The molecule has 0 unspecified atom stereocenters. The SMILES string of the molecule is COC(=O)c1cc(F)cc(C=CCNC(=O)OC(C)(C)C)c1. The molecular weight excluding hydrogens is 289 g/mol. The van der Waals surface area contributed by atoms with Crippen LogP contribution in [0.2, 0.25) is 0 Å². The number of nitrogens with one attached hydrogen (secondary N) is 1. The highest BCUT2D eigenvalue weighted by Gasteiger charge is 2.15. The fourth-order valence-electron chi connectivity index (χ4n) is 1.60. The van der Waals surface area contributed by atoms with Crippen LogP contribution in [0, 0.1) is 5.82 Å². The van der Waals surface area contributed by atoms with E-state index >= 15 is 0 Å². The molecule has 0 atom stereocenters. The van der Waals surface area contributed by atoms with Gasteiger partial charge in [0, 0.05) is 6.54 Å².